The Morgan fingerprint density at radius 1 is 1.33 bits per heavy atom. The van der Waals surface area contributed by atoms with Crippen LogP contribution in [0.15, 0.2) is 4.99 Å². The van der Waals surface area contributed by atoms with Crippen LogP contribution in [0.3, 0.4) is 0 Å². The molecule has 2 aliphatic carbocycles. The number of amides is 1. The van der Waals surface area contributed by atoms with Crippen molar-refractivity contribution in [1.29, 1.82) is 0 Å². The fraction of sp³-hybridized carbons (Fsp3) is 0.889. The Kier molecular flexibility index (Phi) is 4.89. The van der Waals surface area contributed by atoms with Crippen molar-refractivity contribution >= 4 is 22.8 Å². The number of hydrogen-bond acceptors (Lipinski definition) is 5. The number of carbonyl (C=O) groups excluding carboxylic acids is 1. The van der Waals surface area contributed by atoms with Crippen molar-refractivity contribution < 1.29 is 9.53 Å². The van der Waals surface area contributed by atoms with Gasteiger partial charge in [-0.1, -0.05) is 18.2 Å². The predicted octanol–water partition coefficient (Wildman–Crippen LogP) is 2.27. The largest absolute Gasteiger partial charge is 0.379 e. The van der Waals surface area contributed by atoms with Crippen molar-refractivity contribution in [2.24, 2.45) is 16.8 Å². The summed E-state index contributed by atoms with van der Waals surface area (Å²) in [5.41, 5.74) is 0. The van der Waals surface area contributed by atoms with E-state index >= 15 is 0 Å². The van der Waals surface area contributed by atoms with Crippen molar-refractivity contribution in [2.75, 3.05) is 32.8 Å². The summed E-state index contributed by atoms with van der Waals surface area (Å²) >= 11 is 1.67. The molecule has 1 amide bonds. The quantitative estimate of drug-likeness (QED) is 0.825. The number of morpholine rings is 1. The van der Waals surface area contributed by atoms with E-state index in [1.807, 2.05) is 0 Å². The zero-order valence-corrected chi connectivity index (χ0v) is 15.4. The minimum Gasteiger partial charge on any atom is -0.379 e. The van der Waals surface area contributed by atoms with Crippen molar-refractivity contribution in [1.82, 2.24) is 10.2 Å². The zero-order valence-electron chi connectivity index (χ0n) is 14.6. The van der Waals surface area contributed by atoms with E-state index in [0.29, 0.717) is 6.04 Å². The summed E-state index contributed by atoms with van der Waals surface area (Å²) in [5.74, 6) is 1.82. The summed E-state index contributed by atoms with van der Waals surface area (Å²) in [5, 5.41) is 3.94. The molecule has 0 radical (unpaired) electrons. The van der Waals surface area contributed by atoms with Gasteiger partial charge in [-0.15, -0.1) is 0 Å². The van der Waals surface area contributed by atoms with Gasteiger partial charge in [0.2, 0.25) is 5.91 Å². The minimum absolute atomic E-state index is 0.149. The molecule has 6 heteroatoms. The van der Waals surface area contributed by atoms with E-state index in [-0.39, 0.29) is 10.7 Å². The first-order valence-electron chi connectivity index (χ1n) is 9.51. The number of thioether (sulfide) groups is 1. The highest BCUT2D eigenvalue weighted by atomic mass is 32.2. The SMILES string of the molecule is CC1(CCCN2CCOCC2)SC(=N[C@H]2CC3CCC2C3)NC1=O. The molecule has 2 saturated heterocycles. The number of hydrogen-bond donors (Lipinski definition) is 1. The van der Waals surface area contributed by atoms with Gasteiger partial charge in [-0.25, -0.2) is 0 Å². The number of carbonyl (C=O) groups is 1. The summed E-state index contributed by atoms with van der Waals surface area (Å²) in [6.07, 6.45) is 7.29. The lowest BCUT2D eigenvalue weighted by Gasteiger charge is -2.27. The van der Waals surface area contributed by atoms with Gasteiger partial charge in [0.05, 0.1) is 24.0 Å². The van der Waals surface area contributed by atoms with Crippen LogP contribution in [0, 0.1) is 11.8 Å². The normalized spacial score (nSPS) is 41.3. The van der Waals surface area contributed by atoms with E-state index in [0.717, 1.165) is 62.7 Å². The number of ether oxygens (including phenoxy) is 1. The highest BCUT2D eigenvalue weighted by Gasteiger charge is 2.44. The first-order valence-corrected chi connectivity index (χ1v) is 10.3. The van der Waals surface area contributed by atoms with Crippen LogP contribution in [-0.2, 0) is 9.53 Å². The average molecular weight is 352 g/mol. The highest BCUT2D eigenvalue weighted by Crippen LogP contribution is 2.47. The second-order valence-corrected chi connectivity index (χ2v) is 9.51. The second-order valence-electron chi connectivity index (χ2n) is 8.02. The summed E-state index contributed by atoms with van der Waals surface area (Å²) in [6.45, 7) is 6.86. The van der Waals surface area contributed by atoms with Gasteiger partial charge in [0, 0.05) is 13.1 Å². The summed E-state index contributed by atoms with van der Waals surface area (Å²) in [6, 6.07) is 0.460. The molecule has 2 bridgehead atoms. The molecule has 2 aliphatic heterocycles. The number of nitrogens with one attached hydrogen (secondary N) is 1. The van der Waals surface area contributed by atoms with E-state index in [2.05, 4.69) is 17.1 Å². The standard InChI is InChI=1S/C18H29N3O2S/c1-18(5-2-6-21-7-9-23-10-8-21)16(22)20-17(24-18)19-15-12-13-3-4-14(15)11-13/h13-15H,2-12H2,1H3,(H,19,20,22)/t13?,14?,15-,18?/m0/s1. The number of nitrogens with zero attached hydrogens (tertiary/aromatic N) is 2. The molecule has 0 aromatic rings. The van der Waals surface area contributed by atoms with Gasteiger partial charge in [-0.05, 0) is 57.4 Å². The fourth-order valence-corrected chi connectivity index (χ4v) is 5.87. The van der Waals surface area contributed by atoms with Crippen LogP contribution in [0.1, 0.15) is 45.4 Å². The van der Waals surface area contributed by atoms with Crippen molar-refractivity contribution in [3.63, 3.8) is 0 Å². The molecule has 4 rings (SSSR count). The highest BCUT2D eigenvalue weighted by molar-refractivity contribution is 8.16. The summed E-state index contributed by atoms with van der Waals surface area (Å²) in [7, 11) is 0. The van der Waals surface area contributed by atoms with Crippen LogP contribution in [-0.4, -0.2) is 59.6 Å². The van der Waals surface area contributed by atoms with E-state index in [1.165, 1.54) is 25.7 Å². The zero-order chi connectivity index (χ0) is 16.6. The molecule has 2 saturated carbocycles. The molecule has 4 aliphatic rings. The topological polar surface area (TPSA) is 53.9 Å². The maximum Gasteiger partial charge on any atom is 0.242 e. The van der Waals surface area contributed by atoms with Gasteiger partial charge >= 0.3 is 0 Å². The van der Waals surface area contributed by atoms with Gasteiger partial charge in [0.1, 0.15) is 0 Å². The fourth-order valence-electron chi connectivity index (χ4n) is 4.72. The van der Waals surface area contributed by atoms with Crippen LogP contribution in [0.4, 0.5) is 0 Å². The van der Waals surface area contributed by atoms with Crippen molar-refractivity contribution in [3.05, 3.63) is 0 Å². The Hall–Kier alpha value is -0.590. The third kappa shape index (κ3) is 3.51. The van der Waals surface area contributed by atoms with Gasteiger partial charge in [0.15, 0.2) is 5.17 Å². The van der Waals surface area contributed by atoms with Crippen LogP contribution in [0.5, 0.6) is 0 Å². The molecular weight excluding hydrogens is 322 g/mol. The third-order valence-electron chi connectivity index (χ3n) is 6.24. The molecule has 2 heterocycles. The summed E-state index contributed by atoms with van der Waals surface area (Å²) in [4.78, 5) is 19.8. The Bertz CT molecular complexity index is 520. The Labute approximate surface area is 149 Å². The smallest absolute Gasteiger partial charge is 0.242 e. The Morgan fingerprint density at radius 2 is 2.17 bits per heavy atom. The Balaban J connectivity index is 1.29. The maximum absolute atomic E-state index is 12.5. The molecule has 134 valence electrons. The summed E-state index contributed by atoms with van der Waals surface area (Å²) < 4.78 is 5.04. The lowest BCUT2D eigenvalue weighted by atomic mass is 9.96. The minimum atomic E-state index is -0.345. The lowest BCUT2D eigenvalue weighted by molar-refractivity contribution is -0.121. The van der Waals surface area contributed by atoms with Crippen molar-refractivity contribution in [3.8, 4) is 0 Å². The molecule has 0 aromatic heterocycles. The third-order valence-corrected chi connectivity index (χ3v) is 7.48. The molecule has 0 aromatic carbocycles. The van der Waals surface area contributed by atoms with Gasteiger partial charge in [-0.3, -0.25) is 14.7 Å². The molecule has 3 unspecified atom stereocenters. The van der Waals surface area contributed by atoms with E-state index in [1.54, 1.807) is 11.8 Å². The van der Waals surface area contributed by atoms with Crippen LogP contribution >= 0.6 is 11.8 Å². The van der Waals surface area contributed by atoms with E-state index in [4.69, 9.17) is 9.73 Å². The van der Waals surface area contributed by atoms with E-state index < -0.39 is 0 Å². The second kappa shape index (κ2) is 6.96. The molecule has 24 heavy (non-hydrogen) atoms. The Morgan fingerprint density at radius 3 is 2.88 bits per heavy atom. The number of fused-ring (bicyclic) bond motifs is 2. The molecule has 1 N–H and O–H groups in total. The first kappa shape index (κ1) is 16.9. The van der Waals surface area contributed by atoms with Crippen LogP contribution in [0.2, 0.25) is 0 Å². The van der Waals surface area contributed by atoms with Crippen LogP contribution in [0.25, 0.3) is 0 Å². The van der Waals surface area contributed by atoms with Crippen molar-refractivity contribution in [2.45, 2.75) is 56.2 Å². The molecule has 4 fully saturated rings. The van der Waals surface area contributed by atoms with Gasteiger partial charge < -0.3 is 10.1 Å². The van der Waals surface area contributed by atoms with Crippen LogP contribution < -0.4 is 5.32 Å². The predicted molar refractivity (Wildman–Crippen MR) is 97.3 cm³/mol. The number of amidine groups is 1. The maximum atomic E-state index is 12.5. The number of aliphatic imine (C=N–C) groups is 1. The first-order chi connectivity index (χ1) is 11.6. The van der Waals surface area contributed by atoms with Gasteiger partial charge in [-0.2, -0.15) is 0 Å². The average Bonchev–Trinajstić information content (AvgIpc) is 3.24. The van der Waals surface area contributed by atoms with E-state index in [9.17, 15) is 4.79 Å². The molecule has 4 atom stereocenters. The molecular formula is C18H29N3O2S. The molecule has 0 spiro atoms. The monoisotopic (exact) mass is 351 g/mol. The number of rotatable bonds is 5. The lowest BCUT2D eigenvalue weighted by Crippen LogP contribution is -2.38. The van der Waals surface area contributed by atoms with Gasteiger partial charge in [0.25, 0.3) is 0 Å². The molecule has 5 nitrogen and oxygen atoms in total.